The highest BCUT2D eigenvalue weighted by Gasteiger charge is 2.20. The molecule has 0 aromatic heterocycles. The molecule has 54 valence electrons. The van der Waals surface area contributed by atoms with Gasteiger partial charge in [-0.2, -0.15) is 0 Å². The summed E-state index contributed by atoms with van der Waals surface area (Å²) in [5.41, 5.74) is 0. The molecule has 0 heterocycles. The smallest absolute Gasteiger partial charge is 0.239 e. The fourth-order valence-electron chi connectivity index (χ4n) is 0.684. The van der Waals surface area contributed by atoms with Crippen molar-refractivity contribution in [2.24, 2.45) is 0 Å². The highest BCUT2D eigenvalue weighted by atomic mass is 19.3. The zero-order valence-electron chi connectivity index (χ0n) is 5.24. The van der Waals surface area contributed by atoms with Crippen LogP contribution in [0.4, 0.5) is 8.78 Å². The summed E-state index contributed by atoms with van der Waals surface area (Å²) in [4.78, 5) is 0. The molecule has 1 aliphatic rings. The average Bonchev–Trinajstić information content (AvgIpc) is 2.48. The van der Waals surface area contributed by atoms with Crippen LogP contribution in [0.1, 0.15) is 19.3 Å². The van der Waals surface area contributed by atoms with Crippen molar-refractivity contribution in [3.63, 3.8) is 0 Å². The molecule has 0 amide bonds. The van der Waals surface area contributed by atoms with Gasteiger partial charge in [-0.1, -0.05) is 0 Å². The van der Waals surface area contributed by atoms with Gasteiger partial charge < -0.3 is 5.32 Å². The van der Waals surface area contributed by atoms with Crippen molar-refractivity contribution >= 4 is 0 Å². The molecule has 0 spiro atoms. The lowest BCUT2D eigenvalue weighted by atomic mass is 10.4. The Morgan fingerprint density at radius 1 is 1.44 bits per heavy atom. The predicted molar refractivity (Wildman–Crippen MR) is 31.6 cm³/mol. The highest BCUT2D eigenvalue weighted by molar-refractivity contribution is 4.80. The number of alkyl halides is 2. The van der Waals surface area contributed by atoms with Gasteiger partial charge in [0.2, 0.25) is 6.43 Å². The molecule has 0 atom stereocenters. The maximum absolute atomic E-state index is 11.5. The van der Waals surface area contributed by atoms with E-state index in [4.69, 9.17) is 0 Å². The minimum Gasteiger partial charge on any atom is -0.314 e. The standard InChI is InChI=1S/C6H11F2N/c7-6(8)3-4-9-5-1-2-5/h5-6,9H,1-4H2. The van der Waals surface area contributed by atoms with Gasteiger partial charge in [0.05, 0.1) is 0 Å². The Morgan fingerprint density at radius 2 is 2.11 bits per heavy atom. The molecule has 1 N–H and O–H groups in total. The summed E-state index contributed by atoms with van der Waals surface area (Å²) >= 11 is 0. The van der Waals surface area contributed by atoms with E-state index in [2.05, 4.69) is 5.32 Å². The summed E-state index contributed by atoms with van der Waals surface area (Å²) in [6, 6.07) is 0.559. The van der Waals surface area contributed by atoms with Gasteiger partial charge in [-0.15, -0.1) is 0 Å². The molecular weight excluding hydrogens is 124 g/mol. The maximum Gasteiger partial charge on any atom is 0.239 e. The first-order chi connectivity index (χ1) is 4.29. The number of halogens is 2. The zero-order chi connectivity index (χ0) is 6.69. The molecule has 9 heavy (non-hydrogen) atoms. The summed E-state index contributed by atoms with van der Waals surface area (Å²) in [5.74, 6) is 0. The Morgan fingerprint density at radius 3 is 2.56 bits per heavy atom. The fourth-order valence-corrected chi connectivity index (χ4v) is 0.684. The summed E-state index contributed by atoms with van der Waals surface area (Å²) in [6.45, 7) is 0.475. The molecular formula is C6H11F2N. The molecule has 0 saturated heterocycles. The second-order valence-electron chi connectivity index (χ2n) is 2.41. The molecule has 0 bridgehead atoms. The van der Waals surface area contributed by atoms with Gasteiger partial charge in [-0.05, 0) is 12.8 Å². The van der Waals surface area contributed by atoms with Crippen LogP contribution in [0.25, 0.3) is 0 Å². The third-order valence-electron chi connectivity index (χ3n) is 1.37. The first kappa shape index (κ1) is 6.93. The normalized spacial score (nSPS) is 19.0. The van der Waals surface area contributed by atoms with Gasteiger partial charge in [0.15, 0.2) is 0 Å². The summed E-state index contributed by atoms with van der Waals surface area (Å²) in [5, 5.41) is 3.01. The Kier molecular flexibility index (Phi) is 2.39. The number of hydrogen-bond donors (Lipinski definition) is 1. The van der Waals surface area contributed by atoms with E-state index < -0.39 is 6.43 Å². The molecule has 0 aromatic carbocycles. The van der Waals surface area contributed by atoms with Crippen LogP contribution >= 0.6 is 0 Å². The van der Waals surface area contributed by atoms with Crippen LogP contribution in [0, 0.1) is 0 Å². The molecule has 3 heteroatoms. The van der Waals surface area contributed by atoms with Crippen LogP contribution in [0.15, 0.2) is 0 Å². The van der Waals surface area contributed by atoms with Gasteiger partial charge in [0.1, 0.15) is 0 Å². The SMILES string of the molecule is FC(F)CCNC1CC1. The third kappa shape index (κ3) is 3.40. The first-order valence-electron chi connectivity index (χ1n) is 3.30. The third-order valence-corrected chi connectivity index (χ3v) is 1.37. The van der Waals surface area contributed by atoms with Gasteiger partial charge in [-0.3, -0.25) is 0 Å². The number of nitrogens with one attached hydrogen (secondary N) is 1. The van der Waals surface area contributed by atoms with Gasteiger partial charge in [-0.25, -0.2) is 8.78 Å². The lowest BCUT2D eigenvalue weighted by molar-refractivity contribution is 0.137. The van der Waals surface area contributed by atoms with E-state index >= 15 is 0 Å². The van der Waals surface area contributed by atoms with Crippen molar-refractivity contribution in [1.29, 1.82) is 0 Å². The van der Waals surface area contributed by atoms with E-state index in [1.165, 1.54) is 12.8 Å². The molecule has 0 aromatic rings. The van der Waals surface area contributed by atoms with Crippen molar-refractivity contribution in [2.45, 2.75) is 31.7 Å². The topological polar surface area (TPSA) is 12.0 Å². The van der Waals surface area contributed by atoms with Gasteiger partial charge >= 0.3 is 0 Å². The minimum atomic E-state index is -2.14. The first-order valence-corrected chi connectivity index (χ1v) is 3.30. The van der Waals surface area contributed by atoms with Crippen molar-refractivity contribution in [3.8, 4) is 0 Å². The van der Waals surface area contributed by atoms with E-state index in [9.17, 15) is 8.78 Å². The molecule has 0 radical (unpaired) electrons. The monoisotopic (exact) mass is 135 g/mol. The second-order valence-corrected chi connectivity index (χ2v) is 2.41. The van der Waals surface area contributed by atoms with Crippen LogP contribution in [-0.2, 0) is 0 Å². The largest absolute Gasteiger partial charge is 0.314 e. The average molecular weight is 135 g/mol. The van der Waals surface area contributed by atoms with Crippen LogP contribution in [0.3, 0.4) is 0 Å². The molecule has 1 aliphatic carbocycles. The van der Waals surface area contributed by atoms with Crippen LogP contribution in [0.2, 0.25) is 0 Å². The lowest BCUT2D eigenvalue weighted by Crippen LogP contribution is -2.19. The molecule has 1 fully saturated rings. The highest BCUT2D eigenvalue weighted by Crippen LogP contribution is 2.18. The summed E-state index contributed by atoms with van der Waals surface area (Å²) < 4.78 is 22.9. The van der Waals surface area contributed by atoms with E-state index in [1.54, 1.807) is 0 Å². The summed E-state index contributed by atoms with van der Waals surface area (Å²) in [6.07, 6.45) is 0.194. The van der Waals surface area contributed by atoms with Crippen LogP contribution < -0.4 is 5.32 Å². The lowest BCUT2D eigenvalue weighted by Gasteiger charge is -1.99. The minimum absolute atomic E-state index is 0.00347. The van der Waals surface area contributed by atoms with E-state index in [-0.39, 0.29) is 6.42 Å². The molecule has 1 nitrogen and oxygen atoms in total. The Balaban J connectivity index is 1.81. The van der Waals surface area contributed by atoms with Crippen LogP contribution in [-0.4, -0.2) is 19.0 Å². The fraction of sp³-hybridized carbons (Fsp3) is 1.00. The van der Waals surface area contributed by atoms with Gasteiger partial charge in [0, 0.05) is 19.0 Å². The Labute approximate surface area is 53.4 Å². The Hall–Kier alpha value is -0.180. The second kappa shape index (κ2) is 3.11. The Bertz CT molecular complexity index is 79.1. The number of rotatable bonds is 4. The van der Waals surface area contributed by atoms with Gasteiger partial charge in [0.25, 0.3) is 0 Å². The van der Waals surface area contributed by atoms with E-state index in [0.29, 0.717) is 12.6 Å². The van der Waals surface area contributed by atoms with Crippen molar-refractivity contribution in [2.75, 3.05) is 6.54 Å². The number of hydrogen-bond acceptors (Lipinski definition) is 1. The van der Waals surface area contributed by atoms with Crippen molar-refractivity contribution in [3.05, 3.63) is 0 Å². The molecule has 1 saturated carbocycles. The van der Waals surface area contributed by atoms with Crippen molar-refractivity contribution < 1.29 is 8.78 Å². The van der Waals surface area contributed by atoms with Crippen molar-refractivity contribution in [1.82, 2.24) is 5.32 Å². The maximum atomic E-state index is 11.5. The van der Waals surface area contributed by atoms with Crippen LogP contribution in [0.5, 0.6) is 0 Å². The van der Waals surface area contributed by atoms with E-state index in [1.807, 2.05) is 0 Å². The predicted octanol–water partition coefficient (Wildman–Crippen LogP) is 1.39. The molecule has 0 aliphatic heterocycles. The van der Waals surface area contributed by atoms with E-state index in [0.717, 1.165) is 0 Å². The zero-order valence-corrected chi connectivity index (χ0v) is 5.24. The summed E-state index contributed by atoms with van der Waals surface area (Å²) in [7, 11) is 0. The quantitative estimate of drug-likeness (QED) is 0.614. The molecule has 0 unspecified atom stereocenters. The molecule has 1 rings (SSSR count).